The Morgan fingerprint density at radius 2 is 1.68 bits per heavy atom. The van der Waals surface area contributed by atoms with Crippen LogP contribution < -0.4 is 4.74 Å². The van der Waals surface area contributed by atoms with E-state index in [0.29, 0.717) is 0 Å². The van der Waals surface area contributed by atoms with Crippen molar-refractivity contribution in [3.05, 3.63) is 29.8 Å². The minimum atomic E-state index is 0.137. The van der Waals surface area contributed by atoms with Crippen molar-refractivity contribution in [2.24, 2.45) is 0 Å². The lowest BCUT2D eigenvalue weighted by molar-refractivity contribution is 0.195. The zero-order valence-corrected chi connectivity index (χ0v) is 11.5. The third-order valence-corrected chi connectivity index (χ3v) is 3.86. The molecule has 0 unspecified atom stereocenters. The van der Waals surface area contributed by atoms with Crippen molar-refractivity contribution in [3.63, 3.8) is 0 Å². The highest BCUT2D eigenvalue weighted by Crippen LogP contribution is 2.33. The molecule has 1 fully saturated rings. The van der Waals surface area contributed by atoms with Crippen LogP contribution in [0.4, 0.5) is 0 Å². The lowest BCUT2D eigenvalue weighted by Gasteiger charge is -2.31. The van der Waals surface area contributed by atoms with Crippen LogP contribution in [0.2, 0.25) is 0 Å². The molecule has 3 atom stereocenters. The van der Waals surface area contributed by atoms with Gasteiger partial charge in [0.15, 0.2) is 0 Å². The van der Waals surface area contributed by atoms with Gasteiger partial charge in [-0.05, 0) is 37.5 Å². The zero-order valence-electron chi connectivity index (χ0n) is 11.5. The molecule has 1 aromatic carbocycles. The molecule has 2 heteroatoms. The van der Waals surface area contributed by atoms with Gasteiger partial charge in [-0.25, -0.2) is 0 Å². The molecule has 0 radical (unpaired) electrons. The normalized spacial score (nSPS) is 24.4. The average molecular weight is 253 g/mol. The fraction of sp³-hybridized carbons (Fsp3) is 0.412. The van der Waals surface area contributed by atoms with Gasteiger partial charge in [0.05, 0.1) is 19.2 Å². The number of hydrogen-bond acceptors (Lipinski definition) is 2. The van der Waals surface area contributed by atoms with E-state index in [2.05, 4.69) is 35.8 Å². The molecule has 2 rings (SSSR count). The first kappa shape index (κ1) is 13.5. The summed E-state index contributed by atoms with van der Waals surface area (Å²) in [5.74, 6) is 6.57. The molecule has 2 nitrogen and oxygen atoms in total. The molecular formula is C17H19NO. The van der Waals surface area contributed by atoms with E-state index in [-0.39, 0.29) is 18.1 Å². The molecule has 19 heavy (non-hydrogen) atoms. The van der Waals surface area contributed by atoms with Gasteiger partial charge >= 0.3 is 0 Å². The summed E-state index contributed by atoms with van der Waals surface area (Å²) in [5, 5.41) is 0. The van der Waals surface area contributed by atoms with Gasteiger partial charge in [-0.1, -0.05) is 24.0 Å². The first-order valence-corrected chi connectivity index (χ1v) is 6.55. The molecule has 0 saturated carbocycles. The summed E-state index contributed by atoms with van der Waals surface area (Å²) in [4.78, 5) is 2.27. The maximum absolute atomic E-state index is 5.62. The van der Waals surface area contributed by atoms with E-state index in [1.807, 2.05) is 12.1 Å². The summed E-state index contributed by atoms with van der Waals surface area (Å²) in [7, 11) is 1.67. The standard InChI is InChI=1S/C17H19NO/c1-5-15-9-10-16(6-2)18(15)13(3)14-7-11-17(19-4)12-8-14/h1-2,7-8,11-13,15-16H,9-10H2,3-4H3/t13-,15+,16+/m1/s1. The second kappa shape index (κ2) is 5.83. The molecule has 1 aliphatic heterocycles. The maximum Gasteiger partial charge on any atom is 0.118 e. The Morgan fingerprint density at radius 1 is 1.16 bits per heavy atom. The van der Waals surface area contributed by atoms with E-state index in [1.54, 1.807) is 7.11 Å². The van der Waals surface area contributed by atoms with Gasteiger partial charge in [-0.2, -0.15) is 0 Å². The van der Waals surface area contributed by atoms with Crippen LogP contribution in [0.1, 0.15) is 31.4 Å². The van der Waals surface area contributed by atoms with E-state index in [4.69, 9.17) is 17.6 Å². The number of rotatable bonds is 3. The Bertz CT molecular complexity index is 484. The van der Waals surface area contributed by atoms with E-state index in [1.165, 1.54) is 5.56 Å². The van der Waals surface area contributed by atoms with Crippen molar-refractivity contribution >= 4 is 0 Å². The zero-order chi connectivity index (χ0) is 13.8. The second-order valence-electron chi connectivity index (χ2n) is 4.84. The fourth-order valence-electron chi connectivity index (χ4n) is 2.76. The molecule has 1 aliphatic rings. The predicted octanol–water partition coefficient (Wildman–Crippen LogP) is 2.86. The van der Waals surface area contributed by atoms with Crippen LogP contribution in [-0.2, 0) is 0 Å². The summed E-state index contributed by atoms with van der Waals surface area (Å²) in [6.07, 6.45) is 13.2. The molecular weight excluding hydrogens is 234 g/mol. The third-order valence-electron chi connectivity index (χ3n) is 3.86. The summed E-state index contributed by atoms with van der Waals surface area (Å²) < 4.78 is 5.18. The highest BCUT2D eigenvalue weighted by Gasteiger charge is 2.34. The van der Waals surface area contributed by atoms with Crippen molar-refractivity contribution in [3.8, 4) is 30.4 Å². The Morgan fingerprint density at radius 3 is 2.11 bits per heavy atom. The average Bonchev–Trinajstić information content (AvgIpc) is 2.89. The van der Waals surface area contributed by atoms with Gasteiger partial charge in [0.2, 0.25) is 0 Å². The lowest BCUT2D eigenvalue weighted by Crippen LogP contribution is -2.36. The van der Waals surface area contributed by atoms with E-state index >= 15 is 0 Å². The first-order valence-electron chi connectivity index (χ1n) is 6.55. The Balaban J connectivity index is 2.23. The van der Waals surface area contributed by atoms with Crippen LogP contribution in [0.15, 0.2) is 24.3 Å². The van der Waals surface area contributed by atoms with Gasteiger partial charge in [-0.3, -0.25) is 4.90 Å². The predicted molar refractivity (Wildman–Crippen MR) is 77.7 cm³/mol. The topological polar surface area (TPSA) is 12.5 Å². The maximum atomic E-state index is 5.62. The molecule has 0 aromatic heterocycles. The number of nitrogens with zero attached hydrogens (tertiary/aromatic N) is 1. The summed E-state index contributed by atoms with van der Waals surface area (Å²) >= 11 is 0. The van der Waals surface area contributed by atoms with E-state index < -0.39 is 0 Å². The number of likely N-dealkylation sites (tertiary alicyclic amines) is 1. The molecule has 0 bridgehead atoms. The molecule has 0 N–H and O–H groups in total. The number of hydrogen-bond donors (Lipinski definition) is 0. The van der Waals surface area contributed by atoms with Gasteiger partial charge < -0.3 is 4.74 Å². The molecule has 0 spiro atoms. The number of terminal acetylenes is 2. The van der Waals surface area contributed by atoms with E-state index in [0.717, 1.165) is 18.6 Å². The highest BCUT2D eigenvalue weighted by molar-refractivity contribution is 5.30. The van der Waals surface area contributed by atoms with Crippen LogP contribution in [0.3, 0.4) is 0 Å². The van der Waals surface area contributed by atoms with Gasteiger partial charge in [-0.15, -0.1) is 12.8 Å². The minimum absolute atomic E-state index is 0.137. The molecule has 1 saturated heterocycles. The molecule has 0 aliphatic carbocycles. The van der Waals surface area contributed by atoms with Crippen LogP contribution in [0.25, 0.3) is 0 Å². The fourth-order valence-corrected chi connectivity index (χ4v) is 2.76. The molecule has 1 heterocycles. The van der Waals surface area contributed by atoms with Crippen LogP contribution in [-0.4, -0.2) is 24.1 Å². The van der Waals surface area contributed by atoms with Crippen LogP contribution in [0.5, 0.6) is 5.75 Å². The van der Waals surface area contributed by atoms with E-state index in [9.17, 15) is 0 Å². The number of methoxy groups -OCH3 is 1. The van der Waals surface area contributed by atoms with Crippen molar-refractivity contribution in [1.82, 2.24) is 4.90 Å². The molecule has 1 aromatic rings. The smallest absolute Gasteiger partial charge is 0.118 e. The molecule has 0 amide bonds. The lowest BCUT2D eigenvalue weighted by atomic mass is 10.0. The van der Waals surface area contributed by atoms with Crippen molar-refractivity contribution < 1.29 is 4.74 Å². The Labute approximate surface area is 115 Å². The summed E-state index contributed by atoms with van der Waals surface area (Å²) in [6.45, 7) is 2.15. The van der Waals surface area contributed by atoms with Crippen LogP contribution in [0, 0.1) is 24.7 Å². The first-order chi connectivity index (χ1) is 9.21. The SMILES string of the molecule is C#C[C@H]1CC[C@H](C#C)N1[C@H](C)c1ccc(OC)cc1. The second-order valence-corrected chi connectivity index (χ2v) is 4.84. The number of ether oxygens (including phenoxy) is 1. The summed E-state index contributed by atoms with van der Waals surface area (Å²) in [5.41, 5.74) is 1.21. The Hall–Kier alpha value is -1.90. The number of benzene rings is 1. The van der Waals surface area contributed by atoms with Gasteiger partial charge in [0, 0.05) is 6.04 Å². The van der Waals surface area contributed by atoms with Crippen molar-refractivity contribution in [2.75, 3.05) is 7.11 Å². The Kier molecular flexibility index (Phi) is 4.15. The van der Waals surface area contributed by atoms with Crippen molar-refractivity contribution in [1.29, 1.82) is 0 Å². The van der Waals surface area contributed by atoms with Gasteiger partial charge in [0.25, 0.3) is 0 Å². The van der Waals surface area contributed by atoms with Gasteiger partial charge in [0.1, 0.15) is 5.75 Å². The third kappa shape index (κ3) is 2.60. The quantitative estimate of drug-likeness (QED) is 0.768. The van der Waals surface area contributed by atoms with Crippen molar-refractivity contribution in [2.45, 2.75) is 37.9 Å². The molecule has 98 valence electrons. The summed E-state index contributed by atoms with van der Waals surface area (Å²) in [6, 6.07) is 8.58. The van der Waals surface area contributed by atoms with Crippen LogP contribution >= 0.6 is 0 Å². The largest absolute Gasteiger partial charge is 0.497 e. The monoisotopic (exact) mass is 253 g/mol. The minimum Gasteiger partial charge on any atom is -0.497 e. The highest BCUT2D eigenvalue weighted by atomic mass is 16.5.